The van der Waals surface area contributed by atoms with Crippen molar-refractivity contribution >= 4 is 27.4 Å². The fraction of sp³-hybridized carbons (Fsp3) is 0.333. The van der Waals surface area contributed by atoms with E-state index in [1.807, 2.05) is 31.2 Å². The van der Waals surface area contributed by atoms with E-state index in [0.29, 0.717) is 35.2 Å². The lowest BCUT2D eigenvalue weighted by Gasteiger charge is -2.25. The summed E-state index contributed by atoms with van der Waals surface area (Å²) < 4.78 is 42.9. The number of benzene rings is 4. The van der Waals surface area contributed by atoms with Crippen molar-refractivity contribution in [3.05, 3.63) is 136 Å². The van der Waals surface area contributed by atoms with Crippen molar-refractivity contribution < 1.29 is 37.6 Å². The molecule has 0 bridgehead atoms. The number of carbonyl (C=O) groups is 1. The van der Waals surface area contributed by atoms with Gasteiger partial charge >= 0.3 is 5.97 Å². The molecule has 2 atom stereocenters. The van der Waals surface area contributed by atoms with Crippen LogP contribution in [0.5, 0.6) is 17.2 Å². The van der Waals surface area contributed by atoms with Crippen LogP contribution in [0.2, 0.25) is 5.02 Å². The highest BCUT2D eigenvalue weighted by Gasteiger charge is 2.32. The number of nitrogens with one attached hydrogen (secondary N) is 1. The second-order valence-corrected chi connectivity index (χ2v) is 17.4. The number of rotatable bonds is 19. The van der Waals surface area contributed by atoms with Gasteiger partial charge in [0.1, 0.15) is 36.0 Å². The average Bonchev–Trinajstić information content (AvgIpc) is 3.70. The number of ether oxygens (including phenoxy) is 3. The molecule has 1 aromatic heterocycles. The van der Waals surface area contributed by atoms with E-state index in [1.165, 1.54) is 37.4 Å². The van der Waals surface area contributed by atoms with Crippen LogP contribution in [0.25, 0.3) is 11.1 Å². The van der Waals surface area contributed by atoms with Gasteiger partial charge in [0.15, 0.2) is 9.84 Å². The van der Waals surface area contributed by atoms with Gasteiger partial charge in [0, 0.05) is 55.5 Å². The van der Waals surface area contributed by atoms with Crippen molar-refractivity contribution in [2.45, 2.75) is 62.8 Å². The molecule has 1 fully saturated rings. The number of hydrogen-bond acceptors (Lipinski definition) is 10. The lowest BCUT2D eigenvalue weighted by Crippen LogP contribution is -2.52. The molecule has 5 aromatic rings. The Morgan fingerprint density at radius 2 is 1.72 bits per heavy atom. The summed E-state index contributed by atoms with van der Waals surface area (Å²) in [5, 5.41) is 22.6. The zero-order chi connectivity index (χ0) is 41.3. The Bertz CT molecular complexity index is 2310. The molecule has 13 heteroatoms. The lowest BCUT2D eigenvalue weighted by molar-refractivity contribution is -0.145. The third-order valence-corrected chi connectivity index (χ3v) is 11.9. The Hall–Kier alpha value is -4.98. The van der Waals surface area contributed by atoms with Gasteiger partial charge in [-0.05, 0) is 91.2 Å². The Balaban J connectivity index is 1.12. The predicted molar refractivity (Wildman–Crippen MR) is 224 cm³/mol. The molecule has 2 heterocycles. The van der Waals surface area contributed by atoms with Gasteiger partial charge in [-0.3, -0.25) is 15.1 Å². The maximum atomic E-state index is 12.1. The summed E-state index contributed by atoms with van der Waals surface area (Å²) in [5.41, 5.74) is 4.85. The molecule has 0 radical (unpaired) electrons. The van der Waals surface area contributed by atoms with E-state index in [1.54, 1.807) is 12.1 Å². The van der Waals surface area contributed by atoms with Gasteiger partial charge < -0.3 is 29.3 Å². The number of nitrogens with zero attached hydrogens (tertiary/aromatic N) is 2. The normalized spacial score (nSPS) is 15.5. The van der Waals surface area contributed by atoms with Gasteiger partial charge in [0.2, 0.25) is 0 Å². The fourth-order valence-electron chi connectivity index (χ4n) is 6.93. The lowest BCUT2D eigenvalue weighted by atomic mass is 9.96. The molecule has 4 aromatic carbocycles. The third kappa shape index (κ3) is 10.9. The van der Waals surface area contributed by atoms with Crippen molar-refractivity contribution in [2.75, 3.05) is 39.1 Å². The Morgan fingerprint density at radius 1 is 0.948 bits per heavy atom. The first-order valence-electron chi connectivity index (χ1n) is 19.2. The molecule has 3 N–H and O–H groups in total. The van der Waals surface area contributed by atoms with E-state index in [4.69, 9.17) is 25.8 Å². The number of sulfone groups is 1. The molecule has 11 nitrogen and oxygen atoms in total. The Labute approximate surface area is 345 Å². The maximum Gasteiger partial charge on any atom is 0.326 e. The highest BCUT2D eigenvalue weighted by atomic mass is 35.5. The van der Waals surface area contributed by atoms with E-state index in [9.17, 15) is 23.4 Å². The SMILES string of the molecule is Cc1c(COc2cc(OCc3cncc(S(C)(=O)=O)c3)c(CN[C@@](C)(CO)C(=O)O)cc2Cl)cccc1-c1cccc(OCCCN2CCC(c3ccccc3)C2)c1. The molecule has 1 unspecified atom stereocenters. The van der Waals surface area contributed by atoms with Crippen molar-refractivity contribution in [2.24, 2.45) is 0 Å². The molecular formula is C45H50ClN3O8S. The first kappa shape index (κ1) is 42.6. The molecule has 0 aliphatic carbocycles. The van der Waals surface area contributed by atoms with Crippen LogP contribution in [0, 0.1) is 6.92 Å². The van der Waals surface area contributed by atoms with Gasteiger partial charge in [-0.25, -0.2) is 8.42 Å². The number of carboxylic acids is 1. The van der Waals surface area contributed by atoms with Gasteiger partial charge in [0.05, 0.1) is 23.1 Å². The van der Waals surface area contributed by atoms with Crippen molar-refractivity contribution in [1.29, 1.82) is 0 Å². The number of aliphatic hydroxyl groups is 1. The number of aliphatic carboxylic acids is 1. The van der Waals surface area contributed by atoms with E-state index in [2.05, 4.69) is 63.7 Å². The molecule has 1 aliphatic heterocycles. The molecule has 6 rings (SSSR count). The van der Waals surface area contributed by atoms with E-state index in [-0.39, 0.29) is 29.7 Å². The van der Waals surface area contributed by atoms with E-state index in [0.717, 1.165) is 60.3 Å². The van der Waals surface area contributed by atoms with Crippen LogP contribution in [0.3, 0.4) is 0 Å². The second kappa shape index (κ2) is 19.2. The highest BCUT2D eigenvalue weighted by Crippen LogP contribution is 2.36. The standard InChI is InChI=1S/C45H50ClN3O8S/c1-31-36(13-8-15-40(31)34-12-7-14-38(21-34)55-19-9-17-49-18-16-35(27-49)33-10-5-4-6-11-33)29-57-43-23-42(56-28-32-20-39(26-47-24-32)58(3,53)54)37(22-41(43)46)25-48-45(2,30-50)44(51)52/h4-8,10-15,20-24,26,35,48,50H,9,16-19,25,27-30H2,1-3H3,(H,51,52)/t35?,45-/m0/s1. The zero-order valence-electron chi connectivity index (χ0n) is 33.0. The molecular weight excluding hydrogens is 778 g/mol. The summed E-state index contributed by atoms with van der Waals surface area (Å²) in [7, 11) is -3.49. The van der Waals surface area contributed by atoms with Crippen LogP contribution in [0.4, 0.5) is 0 Å². The third-order valence-electron chi connectivity index (χ3n) is 10.6. The van der Waals surface area contributed by atoms with Crippen LogP contribution in [-0.2, 0) is 34.4 Å². The minimum atomic E-state index is -3.49. The smallest absolute Gasteiger partial charge is 0.326 e. The average molecular weight is 828 g/mol. The number of halogens is 1. The largest absolute Gasteiger partial charge is 0.494 e. The van der Waals surface area contributed by atoms with Crippen molar-refractivity contribution in [3.63, 3.8) is 0 Å². The summed E-state index contributed by atoms with van der Waals surface area (Å²) in [6.45, 7) is 6.73. The van der Waals surface area contributed by atoms with E-state index < -0.39 is 28.0 Å². The van der Waals surface area contributed by atoms with Gasteiger partial charge in [0.25, 0.3) is 0 Å². The Morgan fingerprint density at radius 3 is 2.48 bits per heavy atom. The van der Waals surface area contributed by atoms with Crippen LogP contribution in [0.1, 0.15) is 53.5 Å². The number of pyridine rings is 1. The summed E-state index contributed by atoms with van der Waals surface area (Å²) in [6, 6.07) is 29.6. The number of hydrogen-bond donors (Lipinski definition) is 3. The predicted octanol–water partition coefficient (Wildman–Crippen LogP) is 7.46. The number of aliphatic hydroxyl groups excluding tert-OH is 1. The van der Waals surface area contributed by atoms with Crippen LogP contribution in [0.15, 0.2) is 108 Å². The quantitative estimate of drug-likeness (QED) is 0.0714. The van der Waals surface area contributed by atoms with Gasteiger partial charge in [-0.2, -0.15) is 0 Å². The van der Waals surface area contributed by atoms with Crippen molar-refractivity contribution in [1.82, 2.24) is 15.2 Å². The topological polar surface area (TPSA) is 148 Å². The summed E-state index contributed by atoms with van der Waals surface area (Å²) in [5.74, 6) is 0.838. The Kier molecular flexibility index (Phi) is 14.1. The first-order chi connectivity index (χ1) is 27.8. The van der Waals surface area contributed by atoms with Crippen molar-refractivity contribution in [3.8, 4) is 28.4 Å². The van der Waals surface area contributed by atoms with Gasteiger partial charge in [-0.1, -0.05) is 72.3 Å². The van der Waals surface area contributed by atoms with Gasteiger partial charge in [-0.15, -0.1) is 0 Å². The van der Waals surface area contributed by atoms with Crippen LogP contribution >= 0.6 is 11.6 Å². The first-order valence-corrected chi connectivity index (χ1v) is 21.5. The molecule has 58 heavy (non-hydrogen) atoms. The highest BCUT2D eigenvalue weighted by molar-refractivity contribution is 7.90. The maximum absolute atomic E-state index is 12.1. The molecule has 1 aliphatic rings. The molecule has 0 saturated carbocycles. The summed E-state index contributed by atoms with van der Waals surface area (Å²) in [6.07, 6.45) is 6.01. The minimum Gasteiger partial charge on any atom is -0.494 e. The monoisotopic (exact) mass is 827 g/mol. The molecule has 0 spiro atoms. The van der Waals surface area contributed by atoms with Crippen LogP contribution in [-0.4, -0.2) is 79.1 Å². The number of carboxylic acid groups (broad SMARTS) is 1. The summed E-state index contributed by atoms with van der Waals surface area (Å²) in [4.78, 5) is 18.5. The van der Waals surface area contributed by atoms with E-state index >= 15 is 0 Å². The molecule has 306 valence electrons. The second-order valence-electron chi connectivity index (χ2n) is 14.9. The number of likely N-dealkylation sites (tertiary alicyclic amines) is 1. The molecule has 1 saturated heterocycles. The summed E-state index contributed by atoms with van der Waals surface area (Å²) >= 11 is 6.74. The molecule has 0 amide bonds. The number of aromatic nitrogens is 1. The van der Waals surface area contributed by atoms with Crippen LogP contribution < -0.4 is 19.5 Å². The minimum absolute atomic E-state index is 0.0160. The fourth-order valence-corrected chi connectivity index (χ4v) is 7.79. The zero-order valence-corrected chi connectivity index (χ0v) is 34.6.